The van der Waals surface area contributed by atoms with E-state index in [4.69, 9.17) is 0 Å². The molecule has 0 spiro atoms. The molecule has 0 atom stereocenters. The molecule has 29 heavy (non-hydrogen) atoms. The van der Waals surface area contributed by atoms with Gasteiger partial charge in [0.2, 0.25) is 5.82 Å². The summed E-state index contributed by atoms with van der Waals surface area (Å²) in [4.78, 5) is 18.6. The van der Waals surface area contributed by atoms with Gasteiger partial charge in [0.15, 0.2) is 5.82 Å². The van der Waals surface area contributed by atoms with Gasteiger partial charge in [-0.3, -0.25) is 4.79 Å². The largest absolute Gasteiger partial charge is 0.451 e. The fourth-order valence-electron chi connectivity index (χ4n) is 3.01. The summed E-state index contributed by atoms with van der Waals surface area (Å²) < 4.78 is 39.9. The number of benzene rings is 1. The molecule has 3 heterocycles. The zero-order valence-electron chi connectivity index (χ0n) is 15.2. The van der Waals surface area contributed by atoms with Crippen molar-refractivity contribution in [2.45, 2.75) is 26.2 Å². The summed E-state index contributed by atoms with van der Waals surface area (Å²) in [7, 11) is 0. The Morgan fingerprint density at radius 3 is 2.76 bits per heavy atom. The van der Waals surface area contributed by atoms with E-state index in [1.165, 1.54) is 16.2 Å². The molecule has 0 unspecified atom stereocenters. The van der Waals surface area contributed by atoms with Crippen LogP contribution in [0.5, 0.6) is 0 Å². The highest BCUT2D eigenvalue weighted by Gasteiger charge is 2.39. The summed E-state index contributed by atoms with van der Waals surface area (Å²) >= 11 is 1.51. The molecule has 0 saturated heterocycles. The molecule has 1 aromatic carbocycles. The lowest BCUT2D eigenvalue weighted by atomic mass is 10.1. The Balaban J connectivity index is 1.52. The Labute approximate surface area is 168 Å². The van der Waals surface area contributed by atoms with Crippen molar-refractivity contribution < 1.29 is 18.0 Å². The van der Waals surface area contributed by atoms with E-state index in [0.717, 1.165) is 9.57 Å². The Kier molecular flexibility index (Phi) is 4.84. The van der Waals surface area contributed by atoms with E-state index in [9.17, 15) is 18.0 Å². The minimum Gasteiger partial charge on any atom is -0.329 e. The second-order valence-corrected chi connectivity index (χ2v) is 7.46. The van der Waals surface area contributed by atoms with Gasteiger partial charge in [-0.15, -0.1) is 21.5 Å². The standard InChI is InChI=1S/C19H14F3N5OS/c1-12-23-15(11-29-12)6-5-13-3-2-4-14(9-13)17(28)26-7-8-27-16(10-26)24-25-18(27)19(20,21)22/h2-4,9,11H,7-8,10H2,1H3. The van der Waals surface area contributed by atoms with Crippen LogP contribution in [-0.2, 0) is 19.3 Å². The predicted molar refractivity (Wildman–Crippen MR) is 99.0 cm³/mol. The summed E-state index contributed by atoms with van der Waals surface area (Å²) in [5, 5.41) is 9.61. The van der Waals surface area contributed by atoms with Gasteiger partial charge in [-0.25, -0.2) is 4.98 Å². The highest BCUT2D eigenvalue weighted by Crippen LogP contribution is 2.29. The topological polar surface area (TPSA) is 63.9 Å². The fraction of sp³-hybridized carbons (Fsp3) is 0.263. The van der Waals surface area contributed by atoms with Crippen LogP contribution in [-0.4, -0.2) is 37.1 Å². The van der Waals surface area contributed by atoms with Crippen LogP contribution in [0.2, 0.25) is 0 Å². The number of hydrogen-bond acceptors (Lipinski definition) is 5. The van der Waals surface area contributed by atoms with Gasteiger partial charge in [-0.2, -0.15) is 13.2 Å². The van der Waals surface area contributed by atoms with Crippen LogP contribution in [0.3, 0.4) is 0 Å². The van der Waals surface area contributed by atoms with Crippen LogP contribution in [0.15, 0.2) is 29.6 Å². The minimum atomic E-state index is -4.57. The van der Waals surface area contributed by atoms with Crippen molar-refractivity contribution in [1.29, 1.82) is 0 Å². The molecule has 0 bridgehead atoms. The van der Waals surface area contributed by atoms with E-state index in [1.807, 2.05) is 12.3 Å². The number of thiazole rings is 1. The Bertz CT molecular complexity index is 1140. The van der Waals surface area contributed by atoms with Crippen molar-refractivity contribution in [1.82, 2.24) is 24.6 Å². The molecule has 0 saturated carbocycles. The third-order valence-corrected chi connectivity index (χ3v) is 5.13. The van der Waals surface area contributed by atoms with Gasteiger partial charge in [0.05, 0.1) is 11.6 Å². The van der Waals surface area contributed by atoms with Gasteiger partial charge in [0.1, 0.15) is 5.69 Å². The van der Waals surface area contributed by atoms with Crippen molar-refractivity contribution in [3.05, 3.63) is 63.1 Å². The van der Waals surface area contributed by atoms with E-state index in [0.29, 0.717) is 16.8 Å². The Hall–Kier alpha value is -3.19. The van der Waals surface area contributed by atoms with Crippen LogP contribution in [0, 0.1) is 18.8 Å². The van der Waals surface area contributed by atoms with Crippen LogP contribution in [0.4, 0.5) is 13.2 Å². The summed E-state index contributed by atoms with van der Waals surface area (Å²) in [5.74, 6) is 4.73. The maximum absolute atomic E-state index is 13.0. The molecule has 1 amide bonds. The molecule has 0 aliphatic carbocycles. The van der Waals surface area contributed by atoms with Gasteiger partial charge < -0.3 is 9.47 Å². The number of carbonyl (C=O) groups is 1. The van der Waals surface area contributed by atoms with Gasteiger partial charge in [-0.05, 0) is 31.0 Å². The number of halogens is 3. The molecule has 0 radical (unpaired) electrons. The molecule has 0 fully saturated rings. The number of rotatable bonds is 1. The maximum atomic E-state index is 13.0. The summed E-state index contributed by atoms with van der Waals surface area (Å²) in [6, 6.07) is 6.82. The lowest BCUT2D eigenvalue weighted by Crippen LogP contribution is -2.39. The van der Waals surface area contributed by atoms with Crippen molar-refractivity contribution in [2.24, 2.45) is 0 Å². The van der Waals surface area contributed by atoms with Crippen molar-refractivity contribution >= 4 is 17.2 Å². The maximum Gasteiger partial charge on any atom is 0.451 e. The molecule has 6 nitrogen and oxygen atoms in total. The number of nitrogens with zero attached hydrogens (tertiary/aromatic N) is 5. The van der Waals surface area contributed by atoms with Gasteiger partial charge in [-0.1, -0.05) is 12.0 Å². The number of aryl methyl sites for hydroxylation is 1. The predicted octanol–water partition coefficient (Wildman–Crippen LogP) is 3.12. The number of aromatic nitrogens is 4. The summed E-state index contributed by atoms with van der Waals surface area (Å²) in [5.41, 5.74) is 1.73. The van der Waals surface area contributed by atoms with E-state index in [2.05, 4.69) is 27.0 Å². The first-order valence-corrected chi connectivity index (χ1v) is 9.52. The third-order valence-electron chi connectivity index (χ3n) is 4.36. The zero-order valence-corrected chi connectivity index (χ0v) is 16.0. The molecular weight excluding hydrogens is 403 g/mol. The molecule has 0 N–H and O–H groups in total. The fourth-order valence-corrected chi connectivity index (χ4v) is 3.56. The second kappa shape index (κ2) is 7.33. The number of alkyl halides is 3. The minimum absolute atomic E-state index is 0.00834. The smallest absolute Gasteiger partial charge is 0.329 e. The quantitative estimate of drug-likeness (QED) is 0.571. The summed E-state index contributed by atoms with van der Waals surface area (Å²) in [6.07, 6.45) is -4.57. The van der Waals surface area contributed by atoms with Crippen LogP contribution in [0.1, 0.15) is 38.3 Å². The van der Waals surface area contributed by atoms with E-state index >= 15 is 0 Å². The number of amides is 1. The Morgan fingerprint density at radius 1 is 1.21 bits per heavy atom. The normalized spacial score (nSPS) is 13.6. The summed E-state index contributed by atoms with van der Waals surface area (Å²) in [6.45, 7) is 1.99. The molecule has 2 aromatic heterocycles. The monoisotopic (exact) mass is 417 g/mol. The first-order valence-electron chi connectivity index (χ1n) is 8.64. The van der Waals surface area contributed by atoms with Crippen molar-refractivity contribution in [3.63, 3.8) is 0 Å². The van der Waals surface area contributed by atoms with Gasteiger partial charge >= 0.3 is 6.18 Å². The van der Waals surface area contributed by atoms with Crippen LogP contribution >= 0.6 is 11.3 Å². The molecule has 1 aliphatic heterocycles. The highest BCUT2D eigenvalue weighted by atomic mass is 32.1. The van der Waals surface area contributed by atoms with Crippen molar-refractivity contribution in [2.75, 3.05) is 6.54 Å². The first-order chi connectivity index (χ1) is 13.8. The van der Waals surface area contributed by atoms with E-state index in [-0.39, 0.29) is 31.4 Å². The molecule has 10 heteroatoms. The van der Waals surface area contributed by atoms with Crippen LogP contribution in [0.25, 0.3) is 0 Å². The number of carbonyl (C=O) groups excluding carboxylic acids is 1. The molecule has 1 aliphatic rings. The van der Waals surface area contributed by atoms with Gasteiger partial charge in [0.25, 0.3) is 5.91 Å². The molecule has 148 valence electrons. The number of fused-ring (bicyclic) bond motifs is 1. The lowest BCUT2D eigenvalue weighted by Gasteiger charge is -2.28. The lowest BCUT2D eigenvalue weighted by molar-refractivity contribution is -0.147. The van der Waals surface area contributed by atoms with E-state index < -0.39 is 12.0 Å². The first kappa shape index (κ1) is 19.1. The second-order valence-electron chi connectivity index (χ2n) is 6.40. The van der Waals surface area contributed by atoms with E-state index in [1.54, 1.807) is 24.3 Å². The number of hydrogen-bond donors (Lipinski definition) is 0. The molecular formula is C19H14F3N5OS. The van der Waals surface area contributed by atoms with Crippen molar-refractivity contribution in [3.8, 4) is 11.8 Å². The molecule has 3 aromatic rings. The molecule has 4 rings (SSSR count). The Morgan fingerprint density at radius 2 is 2.03 bits per heavy atom. The zero-order chi connectivity index (χ0) is 20.6. The third kappa shape index (κ3) is 4.00. The highest BCUT2D eigenvalue weighted by molar-refractivity contribution is 7.09. The van der Waals surface area contributed by atoms with Crippen LogP contribution < -0.4 is 0 Å². The SMILES string of the molecule is Cc1nc(C#Cc2cccc(C(=O)N3CCn4c(nnc4C(F)(F)F)C3)c2)cs1. The van der Waals surface area contributed by atoms with Gasteiger partial charge in [0, 0.05) is 29.6 Å². The average molecular weight is 417 g/mol. The average Bonchev–Trinajstić information content (AvgIpc) is 3.31.